The van der Waals surface area contributed by atoms with Gasteiger partial charge in [0, 0.05) is 28.6 Å². The summed E-state index contributed by atoms with van der Waals surface area (Å²) in [4.78, 5) is 22.6. The van der Waals surface area contributed by atoms with E-state index in [0.29, 0.717) is 15.8 Å². The minimum absolute atomic E-state index is 0.113. The van der Waals surface area contributed by atoms with Crippen LogP contribution in [0.2, 0.25) is 0 Å². The smallest absolute Gasteiger partial charge is 0.271 e. The zero-order chi connectivity index (χ0) is 15.4. The number of nitro benzene ring substituents is 1. The number of rotatable bonds is 5. The molecule has 5 nitrogen and oxygen atoms in total. The molecule has 0 unspecified atom stereocenters. The number of halogens is 1. The van der Waals surface area contributed by atoms with Crippen molar-refractivity contribution in [3.8, 4) is 5.75 Å². The lowest BCUT2D eigenvalue weighted by Crippen LogP contribution is -2.04. The molecule has 0 radical (unpaired) electrons. The van der Waals surface area contributed by atoms with Crippen molar-refractivity contribution in [3.63, 3.8) is 0 Å². The molecule has 0 aliphatic heterocycles. The molecule has 0 fully saturated rings. The van der Waals surface area contributed by atoms with Gasteiger partial charge in [-0.15, -0.1) is 0 Å². The number of hydrogen-bond donors (Lipinski definition) is 0. The van der Waals surface area contributed by atoms with E-state index in [2.05, 4.69) is 15.9 Å². The van der Waals surface area contributed by atoms with E-state index in [1.165, 1.54) is 12.1 Å². The Kier molecular flexibility index (Phi) is 4.70. The standard InChI is InChI=1S/C15H12BrNO4/c1-21-14-4-2-3-10(5-14)6-15(18)11-7-12(16)9-13(8-11)17(19)20/h2-5,7-9H,6H2,1H3. The second-order valence-electron chi connectivity index (χ2n) is 4.41. The van der Waals surface area contributed by atoms with E-state index >= 15 is 0 Å². The first-order valence-electron chi connectivity index (χ1n) is 6.10. The zero-order valence-corrected chi connectivity index (χ0v) is 12.8. The number of nitro groups is 1. The van der Waals surface area contributed by atoms with Gasteiger partial charge in [0.05, 0.1) is 12.0 Å². The molecule has 0 aliphatic rings. The lowest BCUT2D eigenvalue weighted by Gasteiger charge is -2.05. The lowest BCUT2D eigenvalue weighted by molar-refractivity contribution is -0.385. The molecule has 6 heteroatoms. The molecule has 2 rings (SSSR count). The van der Waals surface area contributed by atoms with Gasteiger partial charge in [-0.05, 0) is 23.8 Å². The number of Topliss-reactive ketones (excluding diaryl/α,β-unsaturated/α-hetero) is 1. The first kappa shape index (κ1) is 15.2. The Balaban J connectivity index is 2.25. The van der Waals surface area contributed by atoms with E-state index in [9.17, 15) is 14.9 Å². The third-order valence-corrected chi connectivity index (χ3v) is 3.37. The summed E-state index contributed by atoms with van der Waals surface area (Å²) in [5.74, 6) is 0.480. The maximum absolute atomic E-state index is 12.3. The predicted octanol–water partition coefficient (Wildman–Crippen LogP) is 3.79. The number of benzene rings is 2. The van der Waals surface area contributed by atoms with Crippen molar-refractivity contribution in [2.45, 2.75) is 6.42 Å². The van der Waals surface area contributed by atoms with Gasteiger partial charge < -0.3 is 4.74 Å². The number of methoxy groups -OCH3 is 1. The zero-order valence-electron chi connectivity index (χ0n) is 11.2. The van der Waals surface area contributed by atoms with Crippen LogP contribution >= 0.6 is 15.9 Å². The van der Waals surface area contributed by atoms with Gasteiger partial charge in [0.1, 0.15) is 5.75 Å². The van der Waals surface area contributed by atoms with Gasteiger partial charge in [-0.3, -0.25) is 14.9 Å². The fourth-order valence-corrected chi connectivity index (χ4v) is 2.39. The average molecular weight is 350 g/mol. The molecule has 2 aromatic carbocycles. The number of non-ortho nitro benzene ring substituents is 1. The van der Waals surface area contributed by atoms with Crippen molar-refractivity contribution in [1.82, 2.24) is 0 Å². The summed E-state index contributed by atoms with van der Waals surface area (Å²) in [6.07, 6.45) is 0.158. The van der Waals surface area contributed by atoms with E-state index in [-0.39, 0.29) is 17.9 Å². The number of carbonyl (C=O) groups is 1. The molecule has 0 atom stereocenters. The van der Waals surface area contributed by atoms with Gasteiger partial charge >= 0.3 is 0 Å². The molecular weight excluding hydrogens is 338 g/mol. The van der Waals surface area contributed by atoms with Gasteiger partial charge in [0.2, 0.25) is 0 Å². The lowest BCUT2D eigenvalue weighted by atomic mass is 10.0. The number of hydrogen-bond acceptors (Lipinski definition) is 4. The number of carbonyl (C=O) groups excluding carboxylic acids is 1. The normalized spacial score (nSPS) is 10.2. The highest BCUT2D eigenvalue weighted by atomic mass is 79.9. The number of ether oxygens (including phenoxy) is 1. The molecule has 0 heterocycles. The molecule has 0 aromatic heterocycles. The van der Waals surface area contributed by atoms with Crippen LogP contribution in [0.3, 0.4) is 0 Å². The minimum Gasteiger partial charge on any atom is -0.497 e. The molecule has 0 spiro atoms. The highest BCUT2D eigenvalue weighted by Crippen LogP contribution is 2.23. The van der Waals surface area contributed by atoms with Crippen LogP contribution < -0.4 is 4.74 Å². The average Bonchev–Trinajstić information content (AvgIpc) is 2.46. The summed E-state index contributed by atoms with van der Waals surface area (Å²) in [6.45, 7) is 0. The summed E-state index contributed by atoms with van der Waals surface area (Å²) in [5, 5.41) is 10.8. The topological polar surface area (TPSA) is 69.4 Å². The maximum Gasteiger partial charge on any atom is 0.271 e. The minimum atomic E-state index is -0.521. The van der Waals surface area contributed by atoms with Crippen LogP contribution in [0.5, 0.6) is 5.75 Å². The second-order valence-corrected chi connectivity index (χ2v) is 5.32. The Morgan fingerprint density at radius 3 is 2.71 bits per heavy atom. The summed E-state index contributed by atoms with van der Waals surface area (Å²) in [6, 6.07) is 11.4. The van der Waals surface area contributed by atoms with Crippen molar-refractivity contribution < 1.29 is 14.5 Å². The first-order valence-corrected chi connectivity index (χ1v) is 6.90. The van der Waals surface area contributed by atoms with Gasteiger partial charge in [-0.25, -0.2) is 0 Å². The molecule has 0 saturated heterocycles. The van der Waals surface area contributed by atoms with Gasteiger partial charge in [-0.2, -0.15) is 0 Å². The van der Waals surface area contributed by atoms with Gasteiger partial charge in [-0.1, -0.05) is 28.1 Å². The Morgan fingerprint density at radius 2 is 2.05 bits per heavy atom. The van der Waals surface area contributed by atoms with Crippen LogP contribution in [0, 0.1) is 10.1 Å². The Morgan fingerprint density at radius 1 is 1.29 bits per heavy atom. The summed E-state index contributed by atoms with van der Waals surface area (Å²) in [7, 11) is 1.55. The summed E-state index contributed by atoms with van der Waals surface area (Å²) >= 11 is 3.18. The van der Waals surface area contributed by atoms with Crippen LogP contribution in [-0.4, -0.2) is 17.8 Å². The third-order valence-electron chi connectivity index (χ3n) is 2.91. The fourth-order valence-electron chi connectivity index (χ4n) is 1.91. The molecule has 0 N–H and O–H groups in total. The highest BCUT2D eigenvalue weighted by Gasteiger charge is 2.14. The SMILES string of the molecule is COc1cccc(CC(=O)c2cc(Br)cc([N+](=O)[O-])c2)c1. The molecule has 0 bridgehead atoms. The molecule has 108 valence electrons. The fraction of sp³-hybridized carbons (Fsp3) is 0.133. The highest BCUT2D eigenvalue weighted by molar-refractivity contribution is 9.10. The molecule has 2 aromatic rings. The maximum atomic E-state index is 12.3. The molecule has 0 saturated carbocycles. The molecular formula is C15H12BrNO4. The van der Waals surface area contributed by atoms with Crippen molar-refractivity contribution in [1.29, 1.82) is 0 Å². The van der Waals surface area contributed by atoms with Crippen LogP contribution in [-0.2, 0) is 6.42 Å². The largest absolute Gasteiger partial charge is 0.497 e. The van der Waals surface area contributed by atoms with Crippen LogP contribution in [0.1, 0.15) is 15.9 Å². The van der Waals surface area contributed by atoms with Gasteiger partial charge in [0.15, 0.2) is 5.78 Å². The monoisotopic (exact) mass is 349 g/mol. The Labute approximate surface area is 129 Å². The first-order chi connectivity index (χ1) is 9.99. The van der Waals surface area contributed by atoms with Crippen LogP contribution in [0.25, 0.3) is 0 Å². The Hall–Kier alpha value is -2.21. The van der Waals surface area contributed by atoms with E-state index in [4.69, 9.17) is 4.74 Å². The Bertz CT molecular complexity index is 700. The molecule has 0 aliphatic carbocycles. The van der Waals surface area contributed by atoms with Crippen LogP contribution in [0.15, 0.2) is 46.9 Å². The van der Waals surface area contributed by atoms with Gasteiger partial charge in [0.25, 0.3) is 5.69 Å². The van der Waals surface area contributed by atoms with Crippen molar-refractivity contribution in [2.24, 2.45) is 0 Å². The second kappa shape index (κ2) is 6.49. The van der Waals surface area contributed by atoms with E-state index in [1.54, 1.807) is 31.4 Å². The number of ketones is 1. The summed E-state index contributed by atoms with van der Waals surface area (Å²) in [5.41, 5.74) is 0.985. The quantitative estimate of drug-likeness (QED) is 0.467. The number of nitrogens with zero attached hydrogens (tertiary/aromatic N) is 1. The summed E-state index contributed by atoms with van der Waals surface area (Å²) < 4.78 is 5.61. The van der Waals surface area contributed by atoms with E-state index < -0.39 is 4.92 Å². The van der Waals surface area contributed by atoms with E-state index in [0.717, 1.165) is 5.56 Å². The van der Waals surface area contributed by atoms with Crippen molar-refractivity contribution in [2.75, 3.05) is 7.11 Å². The molecule has 21 heavy (non-hydrogen) atoms. The van der Waals surface area contributed by atoms with Crippen molar-refractivity contribution >= 4 is 27.4 Å². The van der Waals surface area contributed by atoms with E-state index in [1.807, 2.05) is 6.07 Å². The van der Waals surface area contributed by atoms with Crippen LogP contribution in [0.4, 0.5) is 5.69 Å². The molecule has 0 amide bonds. The predicted molar refractivity (Wildman–Crippen MR) is 81.8 cm³/mol. The van der Waals surface area contributed by atoms with Crippen molar-refractivity contribution in [3.05, 3.63) is 68.2 Å². The third kappa shape index (κ3) is 3.88.